The average Bonchev–Trinajstić information content (AvgIpc) is 2.58. The molecule has 138 valence electrons. The van der Waals surface area contributed by atoms with Crippen LogP contribution in [0.5, 0.6) is 0 Å². The summed E-state index contributed by atoms with van der Waals surface area (Å²) in [5.74, 6) is 4.53. The van der Waals surface area contributed by atoms with Crippen LogP contribution in [0.2, 0.25) is 0 Å². The number of ether oxygens (including phenoxy) is 1. The van der Waals surface area contributed by atoms with Crippen LogP contribution in [0.1, 0.15) is 104 Å². The van der Waals surface area contributed by atoms with E-state index in [0.29, 0.717) is 6.61 Å². The molecule has 0 atom stereocenters. The van der Waals surface area contributed by atoms with Gasteiger partial charge in [-0.25, -0.2) is 4.79 Å². The molecule has 0 aromatic rings. The summed E-state index contributed by atoms with van der Waals surface area (Å²) in [6.07, 6.45) is 22.7. The number of carbonyl (C=O) groups is 1. The molecule has 0 bridgehead atoms. The maximum atomic E-state index is 11.0. The van der Waals surface area contributed by atoms with Crippen molar-refractivity contribution in [2.24, 2.45) is 0 Å². The Balaban J connectivity index is 3.15. The quantitative estimate of drug-likeness (QED) is 0.105. The summed E-state index contributed by atoms with van der Waals surface area (Å²) < 4.78 is 4.98. The Labute approximate surface area is 150 Å². The molecule has 0 aromatic carbocycles. The van der Waals surface area contributed by atoms with E-state index in [9.17, 15) is 4.79 Å². The van der Waals surface area contributed by atoms with E-state index in [4.69, 9.17) is 4.74 Å². The van der Waals surface area contributed by atoms with Crippen LogP contribution in [-0.4, -0.2) is 12.6 Å². The molecule has 0 N–H and O–H groups in total. The van der Waals surface area contributed by atoms with Crippen LogP contribution in [0.15, 0.2) is 12.2 Å². The normalized spacial score (nSPS) is 10.6. The van der Waals surface area contributed by atoms with Crippen molar-refractivity contribution < 1.29 is 9.53 Å². The van der Waals surface area contributed by atoms with E-state index in [1.54, 1.807) is 6.92 Å². The Bertz CT molecular complexity index is 360. The summed E-state index contributed by atoms with van der Waals surface area (Å²) in [6.45, 7) is 4.42. The number of rotatable bonds is 16. The van der Waals surface area contributed by atoms with E-state index in [1.165, 1.54) is 77.0 Å². The van der Waals surface area contributed by atoms with Gasteiger partial charge in [0.15, 0.2) is 0 Å². The molecule has 0 rings (SSSR count). The Kier molecular flexibility index (Phi) is 18.8. The summed E-state index contributed by atoms with van der Waals surface area (Å²) in [5.41, 5.74) is 0. The highest BCUT2D eigenvalue weighted by Crippen LogP contribution is 2.09. The van der Waals surface area contributed by atoms with Crippen molar-refractivity contribution in [3.63, 3.8) is 0 Å². The maximum Gasteiger partial charge on any atom is 0.384 e. The van der Waals surface area contributed by atoms with Gasteiger partial charge in [-0.1, -0.05) is 82.8 Å². The SMILES string of the molecule is CC#CC(=O)OCCCCCCCCC=CCCCCCCCC. The van der Waals surface area contributed by atoms with Crippen LogP contribution in [-0.2, 0) is 9.53 Å². The second-order valence-electron chi connectivity index (χ2n) is 6.45. The van der Waals surface area contributed by atoms with E-state index >= 15 is 0 Å². The van der Waals surface area contributed by atoms with Gasteiger partial charge in [0, 0.05) is 5.92 Å². The van der Waals surface area contributed by atoms with Gasteiger partial charge in [0.1, 0.15) is 0 Å². The van der Waals surface area contributed by atoms with Gasteiger partial charge in [0.2, 0.25) is 0 Å². The third-order valence-corrected chi connectivity index (χ3v) is 4.12. The minimum atomic E-state index is -0.398. The lowest BCUT2D eigenvalue weighted by molar-refractivity contribution is -0.136. The topological polar surface area (TPSA) is 26.3 Å². The molecule has 0 heterocycles. The van der Waals surface area contributed by atoms with Crippen LogP contribution in [0.25, 0.3) is 0 Å². The highest BCUT2D eigenvalue weighted by molar-refractivity contribution is 5.88. The lowest BCUT2D eigenvalue weighted by Gasteiger charge is -2.01. The molecule has 0 saturated heterocycles. The van der Waals surface area contributed by atoms with Crippen LogP contribution in [0.3, 0.4) is 0 Å². The standard InChI is InChI=1S/C22H38O2/c1-3-5-6-7-8-9-10-11-12-13-14-15-16-17-18-19-21-24-22(23)20-4-2/h11-12H,3,5-10,13-19,21H2,1-2H3. The maximum absolute atomic E-state index is 11.0. The first kappa shape index (κ1) is 22.8. The molecule has 0 spiro atoms. The first-order valence-electron chi connectivity index (χ1n) is 10.1. The number of hydrogen-bond donors (Lipinski definition) is 0. The third kappa shape index (κ3) is 18.8. The average molecular weight is 335 g/mol. The summed E-state index contributed by atoms with van der Waals surface area (Å²) >= 11 is 0. The molecule has 0 unspecified atom stereocenters. The number of hydrogen-bond acceptors (Lipinski definition) is 2. The van der Waals surface area contributed by atoms with Crippen molar-refractivity contribution in [1.29, 1.82) is 0 Å². The van der Waals surface area contributed by atoms with E-state index < -0.39 is 5.97 Å². The van der Waals surface area contributed by atoms with Crippen molar-refractivity contribution in [3.05, 3.63) is 12.2 Å². The molecule has 0 aliphatic rings. The summed E-state index contributed by atoms with van der Waals surface area (Å²) in [4.78, 5) is 11.0. The van der Waals surface area contributed by atoms with Crippen LogP contribution >= 0.6 is 0 Å². The first-order chi connectivity index (χ1) is 11.8. The Morgan fingerprint density at radius 1 is 0.792 bits per heavy atom. The molecule has 2 nitrogen and oxygen atoms in total. The highest BCUT2D eigenvalue weighted by atomic mass is 16.5. The van der Waals surface area contributed by atoms with Crippen molar-refractivity contribution in [2.45, 2.75) is 104 Å². The number of unbranched alkanes of at least 4 members (excludes halogenated alkanes) is 12. The molecule has 24 heavy (non-hydrogen) atoms. The van der Waals surface area contributed by atoms with E-state index in [1.807, 2.05) is 0 Å². The second kappa shape index (κ2) is 19.8. The van der Waals surface area contributed by atoms with Gasteiger partial charge in [-0.15, -0.1) is 0 Å². The van der Waals surface area contributed by atoms with Crippen molar-refractivity contribution >= 4 is 5.97 Å². The molecule has 0 aliphatic heterocycles. The highest BCUT2D eigenvalue weighted by Gasteiger charge is 1.96. The minimum absolute atomic E-state index is 0.398. The predicted molar refractivity (Wildman–Crippen MR) is 104 cm³/mol. The predicted octanol–water partition coefficient (Wildman–Crippen LogP) is 6.59. The van der Waals surface area contributed by atoms with Crippen LogP contribution in [0.4, 0.5) is 0 Å². The van der Waals surface area contributed by atoms with E-state index in [0.717, 1.165) is 12.8 Å². The van der Waals surface area contributed by atoms with Crippen LogP contribution in [0, 0.1) is 11.8 Å². The van der Waals surface area contributed by atoms with E-state index in [2.05, 4.69) is 30.9 Å². The lowest BCUT2D eigenvalue weighted by Crippen LogP contribution is -2.02. The molecule has 0 amide bonds. The van der Waals surface area contributed by atoms with E-state index in [-0.39, 0.29) is 0 Å². The largest absolute Gasteiger partial charge is 0.456 e. The summed E-state index contributed by atoms with van der Waals surface area (Å²) in [7, 11) is 0. The van der Waals surface area contributed by atoms with Gasteiger partial charge in [0.25, 0.3) is 0 Å². The van der Waals surface area contributed by atoms with Gasteiger partial charge in [-0.05, 0) is 39.0 Å². The monoisotopic (exact) mass is 334 g/mol. The minimum Gasteiger partial charge on any atom is -0.456 e. The zero-order chi connectivity index (χ0) is 17.7. The first-order valence-corrected chi connectivity index (χ1v) is 10.1. The molecule has 0 aromatic heterocycles. The Morgan fingerprint density at radius 3 is 1.83 bits per heavy atom. The molecular formula is C22H38O2. The number of allylic oxidation sites excluding steroid dienone is 2. The number of carbonyl (C=O) groups excluding carboxylic acids is 1. The van der Waals surface area contributed by atoms with Crippen molar-refractivity contribution in [2.75, 3.05) is 6.61 Å². The molecule has 0 aliphatic carbocycles. The zero-order valence-corrected chi connectivity index (χ0v) is 16.1. The Hall–Kier alpha value is -1.23. The number of esters is 1. The molecular weight excluding hydrogens is 296 g/mol. The molecule has 0 radical (unpaired) electrons. The summed E-state index contributed by atoms with van der Waals surface area (Å²) in [6, 6.07) is 0. The Morgan fingerprint density at radius 2 is 1.29 bits per heavy atom. The second-order valence-corrected chi connectivity index (χ2v) is 6.45. The smallest absolute Gasteiger partial charge is 0.384 e. The van der Waals surface area contributed by atoms with Gasteiger partial charge in [0.05, 0.1) is 6.61 Å². The van der Waals surface area contributed by atoms with Crippen LogP contribution < -0.4 is 0 Å². The molecule has 2 heteroatoms. The fraction of sp³-hybridized carbons (Fsp3) is 0.773. The molecule has 0 saturated carbocycles. The third-order valence-electron chi connectivity index (χ3n) is 4.12. The fourth-order valence-electron chi connectivity index (χ4n) is 2.65. The van der Waals surface area contributed by atoms with Gasteiger partial charge in [-0.3, -0.25) is 0 Å². The fourth-order valence-corrected chi connectivity index (χ4v) is 2.65. The lowest BCUT2D eigenvalue weighted by atomic mass is 10.1. The molecule has 0 fully saturated rings. The van der Waals surface area contributed by atoms with Gasteiger partial charge in [-0.2, -0.15) is 0 Å². The van der Waals surface area contributed by atoms with Gasteiger partial charge >= 0.3 is 5.97 Å². The zero-order valence-electron chi connectivity index (χ0n) is 16.1. The van der Waals surface area contributed by atoms with Crippen molar-refractivity contribution in [1.82, 2.24) is 0 Å². The summed E-state index contributed by atoms with van der Waals surface area (Å²) in [5, 5.41) is 0. The van der Waals surface area contributed by atoms with Crippen molar-refractivity contribution in [3.8, 4) is 11.8 Å². The van der Waals surface area contributed by atoms with Gasteiger partial charge < -0.3 is 4.74 Å².